The van der Waals surface area contributed by atoms with E-state index in [0.29, 0.717) is 0 Å². The number of aliphatic hydroxyl groups is 2. The normalized spacial score (nSPS) is 30.4. The lowest BCUT2D eigenvalue weighted by Crippen LogP contribution is -2.66. The van der Waals surface area contributed by atoms with Crippen LogP contribution < -0.4 is 5.32 Å². The van der Waals surface area contributed by atoms with Crippen molar-refractivity contribution in [3.63, 3.8) is 0 Å². The van der Waals surface area contributed by atoms with E-state index in [0.717, 1.165) is 13.8 Å². The highest BCUT2D eigenvalue weighted by molar-refractivity contribution is 5.82. The van der Waals surface area contributed by atoms with Crippen molar-refractivity contribution in [1.29, 1.82) is 0 Å². The van der Waals surface area contributed by atoms with Crippen LogP contribution in [-0.2, 0) is 28.6 Å². The largest absolute Gasteiger partial charge is 0.471 e. The predicted octanol–water partition coefficient (Wildman–Crippen LogP) is -1.39. The van der Waals surface area contributed by atoms with Crippen molar-refractivity contribution in [2.45, 2.75) is 50.7 Å². The second-order valence-corrected chi connectivity index (χ2v) is 4.93. The van der Waals surface area contributed by atoms with E-state index in [9.17, 15) is 37.8 Å². The Morgan fingerprint density at radius 2 is 1.75 bits per heavy atom. The molecule has 0 aromatic heterocycles. The summed E-state index contributed by atoms with van der Waals surface area (Å²) in [6.45, 7) is 1.48. The van der Waals surface area contributed by atoms with E-state index in [1.54, 1.807) is 0 Å². The molecular weight excluding hydrogens is 343 g/mol. The highest BCUT2D eigenvalue weighted by atomic mass is 19.4. The zero-order valence-electron chi connectivity index (χ0n) is 12.6. The second-order valence-electron chi connectivity index (χ2n) is 4.93. The summed E-state index contributed by atoms with van der Waals surface area (Å²) in [6.07, 6.45) is -12.2. The molecule has 0 saturated carbocycles. The third-order valence-electron chi connectivity index (χ3n) is 3.00. The number of carbonyl (C=O) groups excluding carboxylic acids is 3. The molecule has 1 amide bonds. The monoisotopic (exact) mass is 359 g/mol. The van der Waals surface area contributed by atoms with Gasteiger partial charge in [0, 0.05) is 13.8 Å². The van der Waals surface area contributed by atoms with Crippen molar-refractivity contribution >= 4 is 17.8 Å². The van der Waals surface area contributed by atoms with E-state index in [-0.39, 0.29) is 0 Å². The number of rotatable bonds is 4. The van der Waals surface area contributed by atoms with Crippen molar-refractivity contribution in [2.75, 3.05) is 6.61 Å². The van der Waals surface area contributed by atoms with Gasteiger partial charge in [0.2, 0.25) is 0 Å². The first-order valence-electron chi connectivity index (χ1n) is 6.63. The van der Waals surface area contributed by atoms with Crippen molar-refractivity contribution < 1.29 is 52.0 Å². The summed E-state index contributed by atoms with van der Waals surface area (Å²) in [5, 5.41) is 21.1. The van der Waals surface area contributed by atoms with E-state index >= 15 is 0 Å². The van der Waals surface area contributed by atoms with E-state index in [4.69, 9.17) is 9.47 Å². The first-order chi connectivity index (χ1) is 10.9. The quantitative estimate of drug-likeness (QED) is 0.523. The summed E-state index contributed by atoms with van der Waals surface area (Å²) in [5.74, 6) is -4.07. The van der Waals surface area contributed by atoms with Crippen LogP contribution in [0.1, 0.15) is 13.8 Å². The van der Waals surface area contributed by atoms with Gasteiger partial charge in [0.1, 0.15) is 24.9 Å². The fourth-order valence-corrected chi connectivity index (χ4v) is 1.99. The lowest BCUT2D eigenvalue weighted by molar-refractivity contribution is -0.262. The van der Waals surface area contributed by atoms with Gasteiger partial charge in [0.15, 0.2) is 12.4 Å². The van der Waals surface area contributed by atoms with Crippen molar-refractivity contribution in [1.82, 2.24) is 5.32 Å². The van der Waals surface area contributed by atoms with E-state index in [2.05, 4.69) is 4.74 Å². The van der Waals surface area contributed by atoms with Crippen LogP contribution in [0.15, 0.2) is 0 Å². The molecule has 24 heavy (non-hydrogen) atoms. The van der Waals surface area contributed by atoms with Gasteiger partial charge in [-0.2, -0.15) is 13.2 Å². The number of ether oxygens (including phenoxy) is 3. The van der Waals surface area contributed by atoms with Crippen LogP contribution >= 0.6 is 0 Å². The highest BCUT2D eigenvalue weighted by Gasteiger charge is 2.50. The average molecular weight is 359 g/mol. The Balaban J connectivity index is 2.93. The lowest BCUT2D eigenvalue weighted by Gasteiger charge is -2.42. The maximum atomic E-state index is 12.3. The standard InChI is InChI=1S/C12H16F3NO8/c1-4(17)22-3-6-9(23-5(2)18)8(19)7(10(20)24-6)16-11(21)12(13,14)15/h6-10,19-20H,3H2,1-2H3,(H,16,21)/t6-,7-,8-,9-,10-/m1/s1. The van der Waals surface area contributed by atoms with Crippen LogP contribution in [0.4, 0.5) is 13.2 Å². The highest BCUT2D eigenvalue weighted by Crippen LogP contribution is 2.24. The van der Waals surface area contributed by atoms with Crippen LogP contribution in [0.5, 0.6) is 0 Å². The van der Waals surface area contributed by atoms with Crippen molar-refractivity contribution in [2.24, 2.45) is 0 Å². The molecule has 0 radical (unpaired) electrons. The van der Waals surface area contributed by atoms with Crippen molar-refractivity contribution in [3.8, 4) is 0 Å². The Hall–Kier alpha value is -1.92. The average Bonchev–Trinajstić information content (AvgIpc) is 2.42. The van der Waals surface area contributed by atoms with Gasteiger partial charge in [0.05, 0.1) is 0 Å². The minimum absolute atomic E-state index is 0.540. The molecule has 0 bridgehead atoms. The molecule has 138 valence electrons. The molecular formula is C12H16F3NO8. The Bertz CT molecular complexity index is 497. The molecule has 3 N–H and O–H groups in total. The summed E-state index contributed by atoms with van der Waals surface area (Å²) in [5.41, 5.74) is 0. The van der Waals surface area contributed by atoms with Crippen LogP contribution in [-0.4, -0.2) is 71.5 Å². The lowest BCUT2D eigenvalue weighted by atomic mass is 9.96. The number of carbonyl (C=O) groups is 3. The molecule has 0 aliphatic carbocycles. The Morgan fingerprint density at radius 3 is 2.21 bits per heavy atom. The molecule has 1 aliphatic rings. The first-order valence-corrected chi connectivity index (χ1v) is 6.63. The predicted molar refractivity (Wildman–Crippen MR) is 67.1 cm³/mol. The number of amides is 1. The minimum atomic E-state index is -5.26. The van der Waals surface area contributed by atoms with Gasteiger partial charge < -0.3 is 29.7 Å². The van der Waals surface area contributed by atoms with Gasteiger partial charge in [-0.3, -0.25) is 14.4 Å². The molecule has 12 heteroatoms. The number of halogens is 3. The number of esters is 2. The third-order valence-corrected chi connectivity index (χ3v) is 3.00. The molecule has 1 fully saturated rings. The van der Waals surface area contributed by atoms with Gasteiger partial charge in [0.25, 0.3) is 0 Å². The van der Waals surface area contributed by atoms with Gasteiger partial charge in [-0.25, -0.2) is 0 Å². The van der Waals surface area contributed by atoms with E-state index < -0.39 is 61.3 Å². The minimum Gasteiger partial charge on any atom is -0.463 e. The van der Waals surface area contributed by atoms with E-state index in [1.807, 2.05) is 0 Å². The number of nitrogens with one attached hydrogen (secondary N) is 1. The summed E-state index contributed by atoms with van der Waals surface area (Å²) in [6, 6.07) is -1.92. The van der Waals surface area contributed by atoms with Crippen LogP contribution in [0, 0.1) is 0 Å². The van der Waals surface area contributed by atoms with E-state index in [1.165, 1.54) is 5.32 Å². The van der Waals surface area contributed by atoms with Gasteiger partial charge in [-0.15, -0.1) is 0 Å². The Morgan fingerprint density at radius 1 is 1.17 bits per heavy atom. The fourth-order valence-electron chi connectivity index (χ4n) is 1.99. The summed E-state index contributed by atoms with van der Waals surface area (Å²) in [7, 11) is 0. The zero-order chi connectivity index (χ0) is 18.7. The van der Waals surface area contributed by atoms with Crippen LogP contribution in [0.2, 0.25) is 0 Å². The van der Waals surface area contributed by atoms with Gasteiger partial charge >= 0.3 is 24.0 Å². The smallest absolute Gasteiger partial charge is 0.463 e. The summed E-state index contributed by atoms with van der Waals surface area (Å²) in [4.78, 5) is 32.8. The number of alkyl halides is 3. The Kier molecular flexibility index (Phi) is 6.51. The first kappa shape index (κ1) is 20.1. The molecule has 1 heterocycles. The van der Waals surface area contributed by atoms with Gasteiger partial charge in [-0.05, 0) is 0 Å². The maximum Gasteiger partial charge on any atom is 0.471 e. The molecule has 5 atom stereocenters. The molecule has 1 rings (SSSR count). The molecule has 9 nitrogen and oxygen atoms in total. The third kappa shape index (κ3) is 5.32. The fraction of sp³-hybridized carbons (Fsp3) is 0.750. The molecule has 0 spiro atoms. The number of hydrogen-bond donors (Lipinski definition) is 3. The Labute approximate surface area is 133 Å². The SMILES string of the molecule is CC(=O)OC[C@H]1O[C@@H](O)[C@H](NC(=O)C(F)(F)F)[C@@H](O)[C@@H]1OC(C)=O. The van der Waals surface area contributed by atoms with Gasteiger partial charge in [-0.1, -0.05) is 0 Å². The molecule has 1 aliphatic heterocycles. The summed E-state index contributed by atoms with van der Waals surface area (Å²) >= 11 is 0. The topological polar surface area (TPSA) is 131 Å². The molecule has 0 unspecified atom stereocenters. The molecule has 0 aromatic rings. The molecule has 0 aromatic carbocycles. The molecule has 1 saturated heterocycles. The van der Waals surface area contributed by atoms with Crippen LogP contribution in [0.3, 0.4) is 0 Å². The summed E-state index contributed by atoms with van der Waals surface area (Å²) < 4.78 is 51.1. The zero-order valence-corrected chi connectivity index (χ0v) is 12.6. The maximum absolute atomic E-state index is 12.3. The number of hydrogen-bond acceptors (Lipinski definition) is 8. The second kappa shape index (κ2) is 7.77. The number of aliphatic hydroxyl groups excluding tert-OH is 2. The van der Waals surface area contributed by atoms with Crippen LogP contribution in [0.25, 0.3) is 0 Å². The van der Waals surface area contributed by atoms with Crippen molar-refractivity contribution in [3.05, 3.63) is 0 Å².